The zero-order chi connectivity index (χ0) is 15.2. The second-order valence-corrected chi connectivity index (χ2v) is 4.91. The molecule has 0 unspecified atom stereocenters. The summed E-state index contributed by atoms with van der Waals surface area (Å²) in [6, 6.07) is 13.1. The van der Waals surface area contributed by atoms with E-state index in [1.54, 1.807) is 12.1 Å². The van der Waals surface area contributed by atoms with Crippen molar-refractivity contribution in [3.8, 4) is 5.75 Å². The molecule has 3 heteroatoms. The Bertz CT molecular complexity index is 660. The Morgan fingerprint density at radius 3 is 2.62 bits per heavy atom. The molecule has 0 aromatic heterocycles. The van der Waals surface area contributed by atoms with Crippen LogP contribution < -0.4 is 4.74 Å². The molecule has 0 saturated carbocycles. The summed E-state index contributed by atoms with van der Waals surface area (Å²) in [7, 11) is 0. The summed E-state index contributed by atoms with van der Waals surface area (Å²) >= 11 is 0. The maximum atomic E-state index is 13.1. The van der Waals surface area contributed by atoms with Gasteiger partial charge in [-0.1, -0.05) is 30.3 Å². The highest BCUT2D eigenvalue weighted by Gasteiger charge is 2.05. The molecule has 0 radical (unpaired) electrons. The summed E-state index contributed by atoms with van der Waals surface area (Å²) in [6.45, 7) is 3.89. The van der Waals surface area contributed by atoms with Gasteiger partial charge in [0.25, 0.3) is 0 Å². The second-order valence-electron chi connectivity index (χ2n) is 4.91. The van der Waals surface area contributed by atoms with E-state index < -0.39 is 5.82 Å². The quantitative estimate of drug-likeness (QED) is 0.596. The molecule has 0 aliphatic rings. The van der Waals surface area contributed by atoms with E-state index in [-0.39, 0.29) is 11.9 Å². The number of carbonyl (C=O) groups is 1. The maximum absolute atomic E-state index is 13.1. The lowest BCUT2D eigenvalue weighted by atomic mass is 10.1. The number of para-hydroxylation sites is 1. The lowest BCUT2D eigenvalue weighted by Gasteiger charge is -2.11. The van der Waals surface area contributed by atoms with Gasteiger partial charge in [-0.05, 0) is 44.2 Å². The van der Waals surface area contributed by atoms with Crippen LogP contribution in [0.2, 0.25) is 0 Å². The summed E-state index contributed by atoms with van der Waals surface area (Å²) in [5.41, 5.74) is 1.14. The Morgan fingerprint density at radius 2 is 1.90 bits per heavy atom. The fraction of sp³-hybridized carbons (Fsp3) is 0.167. The minimum Gasteiger partial charge on any atom is -0.490 e. The van der Waals surface area contributed by atoms with Crippen molar-refractivity contribution in [1.29, 1.82) is 0 Å². The molecule has 2 nitrogen and oxygen atoms in total. The number of carbonyl (C=O) groups excluding carboxylic acids is 1. The molecule has 2 aromatic rings. The van der Waals surface area contributed by atoms with Gasteiger partial charge in [0.05, 0.1) is 6.10 Å². The largest absolute Gasteiger partial charge is 0.490 e. The van der Waals surface area contributed by atoms with E-state index in [9.17, 15) is 9.18 Å². The third kappa shape index (κ3) is 4.28. The Morgan fingerprint density at radius 1 is 1.14 bits per heavy atom. The average Bonchev–Trinajstić information content (AvgIpc) is 2.45. The second kappa shape index (κ2) is 6.84. The highest BCUT2D eigenvalue weighted by molar-refractivity contribution is 6.06. The minimum absolute atomic E-state index is 0.0541. The number of halogens is 1. The minimum atomic E-state index is -0.419. The van der Waals surface area contributed by atoms with Gasteiger partial charge in [0.2, 0.25) is 0 Å². The molecule has 0 fully saturated rings. The third-order valence-electron chi connectivity index (χ3n) is 2.81. The molecule has 21 heavy (non-hydrogen) atoms. The smallest absolute Gasteiger partial charge is 0.185 e. The molecule has 0 aliphatic heterocycles. The zero-order valence-corrected chi connectivity index (χ0v) is 12.0. The molecule has 0 N–H and O–H groups in total. The summed E-state index contributed by atoms with van der Waals surface area (Å²) in [4.78, 5) is 12.0. The standard InChI is InChI=1S/C18H17FO2/c1-13(2)21-18-9-4-3-6-14(18)10-11-17(20)15-7-5-8-16(19)12-15/h3-13H,1-2H3. The van der Waals surface area contributed by atoms with Crippen molar-refractivity contribution in [1.82, 2.24) is 0 Å². The van der Waals surface area contributed by atoms with Crippen LogP contribution in [-0.4, -0.2) is 11.9 Å². The molecule has 2 aromatic carbocycles. The number of benzene rings is 2. The van der Waals surface area contributed by atoms with Crippen molar-refractivity contribution in [3.05, 3.63) is 71.6 Å². The van der Waals surface area contributed by atoms with Gasteiger partial charge < -0.3 is 4.74 Å². The molecule has 0 atom stereocenters. The van der Waals surface area contributed by atoms with Gasteiger partial charge in [-0.25, -0.2) is 4.39 Å². The van der Waals surface area contributed by atoms with Crippen molar-refractivity contribution >= 4 is 11.9 Å². The molecule has 108 valence electrons. The average molecular weight is 284 g/mol. The van der Waals surface area contributed by atoms with E-state index >= 15 is 0 Å². The first kappa shape index (κ1) is 15.0. The van der Waals surface area contributed by atoms with Crippen molar-refractivity contribution in [3.63, 3.8) is 0 Å². The summed E-state index contributed by atoms with van der Waals surface area (Å²) in [5.74, 6) is 0.0578. The molecular weight excluding hydrogens is 267 g/mol. The topological polar surface area (TPSA) is 26.3 Å². The van der Waals surface area contributed by atoms with Gasteiger partial charge in [-0.15, -0.1) is 0 Å². The SMILES string of the molecule is CC(C)Oc1ccccc1C=CC(=O)c1cccc(F)c1. The summed E-state index contributed by atoms with van der Waals surface area (Å²) < 4.78 is 18.8. The van der Waals surface area contributed by atoms with Gasteiger partial charge in [-0.3, -0.25) is 4.79 Å². The van der Waals surface area contributed by atoms with E-state index in [1.165, 1.54) is 24.3 Å². The molecule has 0 amide bonds. The predicted molar refractivity (Wildman–Crippen MR) is 82.0 cm³/mol. The van der Waals surface area contributed by atoms with Crippen molar-refractivity contribution in [2.24, 2.45) is 0 Å². The van der Waals surface area contributed by atoms with E-state index in [4.69, 9.17) is 4.74 Å². The first-order chi connectivity index (χ1) is 10.1. The van der Waals surface area contributed by atoms with Gasteiger partial charge in [0, 0.05) is 11.1 Å². The molecule has 0 spiro atoms. The van der Waals surface area contributed by atoms with Gasteiger partial charge in [0.1, 0.15) is 11.6 Å². The van der Waals surface area contributed by atoms with Crippen LogP contribution in [0.1, 0.15) is 29.8 Å². The fourth-order valence-corrected chi connectivity index (χ4v) is 1.88. The lowest BCUT2D eigenvalue weighted by Crippen LogP contribution is -2.06. The van der Waals surface area contributed by atoms with Gasteiger partial charge in [-0.2, -0.15) is 0 Å². The summed E-state index contributed by atoms with van der Waals surface area (Å²) in [5, 5.41) is 0. The van der Waals surface area contributed by atoms with Crippen LogP contribution in [0.25, 0.3) is 6.08 Å². The Labute approximate surface area is 123 Å². The van der Waals surface area contributed by atoms with Crippen molar-refractivity contribution in [2.75, 3.05) is 0 Å². The molecule has 0 aliphatic carbocycles. The number of hydrogen-bond donors (Lipinski definition) is 0. The number of ketones is 1. The van der Waals surface area contributed by atoms with E-state index in [2.05, 4.69) is 0 Å². The fourth-order valence-electron chi connectivity index (χ4n) is 1.88. The highest BCUT2D eigenvalue weighted by Crippen LogP contribution is 2.21. The van der Waals surface area contributed by atoms with Crippen molar-refractivity contribution < 1.29 is 13.9 Å². The van der Waals surface area contributed by atoms with Gasteiger partial charge in [0.15, 0.2) is 5.78 Å². The van der Waals surface area contributed by atoms with E-state index in [1.807, 2.05) is 38.1 Å². The van der Waals surface area contributed by atoms with E-state index in [0.717, 1.165) is 11.3 Å². The predicted octanol–water partition coefficient (Wildman–Crippen LogP) is 4.51. The highest BCUT2D eigenvalue weighted by atomic mass is 19.1. The van der Waals surface area contributed by atoms with Crippen LogP contribution in [0.4, 0.5) is 4.39 Å². The molecule has 2 rings (SSSR count). The third-order valence-corrected chi connectivity index (χ3v) is 2.81. The Balaban J connectivity index is 2.19. The molecule has 0 saturated heterocycles. The lowest BCUT2D eigenvalue weighted by molar-refractivity contribution is 0.104. The molecule has 0 bridgehead atoms. The van der Waals surface area contributed by atoms with Crippen LogP contribution >= 0.6 is 0 Å². The van der Waals surface area contributed by atoms with Crippen molar-refractivity contribution in [2.45, 2.75) is 20.0 Å². The Hall–Kier alpha value is -2.42. The van der Waals surface area contributed by atoms with Gasteiger partial charge >= 0.3 is 0 Å². The number of ether oxygens (including phenoxy) is 1. The van der Waals surface area contributed by atoms with Crippen LogP contribution in [0.15, 0.2) is 54.6 Å². The Kier molecular flexibility index (Phi) is 4.88. The number of hydrogen-bond acceptors (Lipinski definition) is 2. The van der Waals surface area contributed by atoms with Crippen LogP contribution in [0.5, 0.6) is 5.75 Å². The molecule has 0 heterocycles. The van der Waals surface area contributed by atoms with E-state index in [0.29, 0.717) is 5.56 Å². The number of allylic oxidation sites excluding steroid dienone is 1. The normalized spacial score (nSPS) is 11.0. The zero-order valence-electron chi connectivity index (χ0n) is 12.0. The summed E-state index contributed by atoms with van der Waals surface area (Å²) in [6.07, 6.45) is 3.17. The first-order valence-corrected chi connectivity index (χ1v) is 6.80. The van der Waals surface area contributed by atoms with Crippen LogP contribution in [-0.2, 0) is 0 Å². The van der Waals surface area contributed by atoms with Crippen LogP contribution in [0, 0.1) is 5.82 Å². The maximum Gasteiger partial charge on any atom is 0.185 e. The monoisotopic (exact) mass is 284 g/mol. The molecular formula is C18H17FO2. The van der Waals surface area contributed by atoms with Crippen LogP contribution in [0.3, 0.4) is 0 Å². The first-order valence-electron chi connectivity index (χ1n) is 6.80. The number of rotatable bonds is 5.